The van der Waals surface area contributed by atoms with Crippen LogP contribution >= 0.6 is 11.6 Å². The number of alkyl halides is 1. The number of rotatable bonds is 4. The van der Waals surface area contributed by atoms with Crippen molar-refractivity contribution in [3.05, 3.63) is 54.1 Å². The summed E-state index contributed by atoms with van der Waals surface area (Å²) in [5.41, 5.74) is 3.06. The number of hydrogen-bond donors (Lipinski definition) is 0. The van der Waals surface area contributed by atoms with Gasteiger partial charge in [0, 0.05) is 18.5 Å². The fourth-order valence-electron chi connectivity index (χ4n) is 2.24. The third-order valence-electron chi connectivity index (χ3n) is 3.22. The van der Waals surface area contributed by atoms with Crippen molar-refractivity contribution in [3.8, 4) is 5.75 Å². The topological polar surface area (TPSA) is 39.9 Å². The lowest BCUT2D eigenvalue weighted by Gasteiger charge is -2.07. The molecule has 4 nitrogen and oxygen atoms in total. The minimum Gasteiger partial charge on any atom is -0.497 e. The molecule has 5 heteroatoms. The van der Waals surface area contributed by atoms with Crippen molar-refractivity contribution in [1.82, 2.24) is 14.5 Å². The number of nitrogens with zero attached hydrogens (tertiary/aromatic N) is 3. The molecule has 20 heavy (non-hydrogen) atoms. The molecule has 0 radical (unpaired) electrons. The van der Waals surface area contributed by atoms with E-state index in [1.807, 2.05) is 36.5 Å². The number of ether oxygens (including phenoxy) is 1. The van der Waals surface area contributed by atoms with Gasteiger partial charge in [-0.15, -0.1) is 11.6 Å². The van der Waals surface area contributed by atoms with Crippen molar-refractivity contribution in [3.63, 3.8) is 0 Å². The van der Waals surface area contributed by atoms with Crippen molar-refractivity contribution >= 4 is 22.6 Å². The van der Waals surface area contributed by atoms with Crippen LogP contribution in [0.2, 0.25) is 0 Å². The molecule has 0 fully saturated rings. The summed E-state index contributed by atoms with van der Waals surface area (Å²) in [6.07, 6.45) is 3.62. The van der Waals surface area contributed by atoms with Crippen molar-refractivity contribution in [2.75, 3.05) is 7.11 Å². The highest BCUT2D eigenvalue weighted by molar-refractivity contribution is 6.16. The first kappa shape index (κ1) is 12.9. The summed E-state index contributed by atoms with van der Waals surface area (Å²) in [5, 5.41) is 0. The number of benzene rings is 1. The lowest BCUT2D eigenvalue weighted by atomic mass is 10.2. The van der Waals surface area contributed by atoms with E-state index in [4.69, 9.17) is 16.3 Å². The standard InChI is InChI=1S/C15H14ClN3O/c1-20-12-4-5-14-13(7-12)18-15(8-16)19(14)10-11-3-2-6-17-9-11/h2-7,9H,8,10H2,1H3. The Morgan fingerprint density at radius 3 is 2.90 bits per heavy atom. The Kier molecular flexibility index (Phi) is 3.56. The van der Waals surface area contributed by atoms with Crippen molar-refractivity contribution in [2.24, 2.45) is 0 Å². The lowest BCUT2D eigenvalue weighted by molar-refractivity contribution is 0.415. The Labute approximate surface area is 122 Å². The van der Waals surface area contributed by atoms with Gasteiger partial charge in [0.05, 0.1) is 30.6 Å². The molecule has 0 saturated carbocycles. The van der Waals surface area contributed by atoms with E-state index in [1.54, 1.807) is 13.3 Å². The van der Waals surface area contributed by atoms with Gasteiger partial charge in [-0.3, -0.25) is 4.98 Å². The van der Waals surface area contributed by atoms with Crippen LogP contribution in [0.3, 0.4) is 0 Å². The van der Waals surface area contributed by atoms with E-state index in [9.17, 15) is 0 Å². The Morgan fingerprint density at radius 1 is 1.30 bits per heavy atom. The third-order valence-corrected chi connectivity index (χ3v) is 3.46. The van der Waals surface area contributed by atoms with Gasteiger partial charge >= 0.3 is 0 Å². The predicted octanol–water partition coefficient (Wildman–Crippen LogP) is 3.23. The zero-order valence-corrected chi connectivity index (χ0v) is 11.8. The molecule has 2 heterocycles. The van der Waals surface area contributed by atoms with Crippen LogP contribution in [0.4, 0.5) is 0 Å². The third kappa shape index (κ3) is 2.34. The van der Waals surface area contributed by atoms with E-state index in [0.29, 0.717) is 12.4 Å². The van der Waals surface area contributed by atoms with Crippen molar-refractivity contribution < 1.29 is 4.74 Å². The number of methoxy groups -OCH3 is 1. The van der Waals surface area contributed by atoms with Crippen LogP contribution in [0, 0.1) is 0 Å². The Balaban J connectivity index is 2.08. The number of imidazole rings is 1. The quantitative estimate of drug-likeness (QED) is 0.692. The Morgan fingerprint density at radius 2 is 2.20 bits per heavy atom. The predicted molar refractivity (Wildman–Crippen MR) is 79.2 cm³/mol. The molecular weight excluding hydrogens is 274 g/mol. The van der Waals surface area contributed by atoms with Crippen LogP contribution in [0.1, 0.15) is 11.4 Å². The largest absolute Gasteiger partial charge is 0.497 e. The normalized spacial score (nSPS) is 10.9. The van der Waals surface area contributed by atoms with E-state index >= 15 is 0 Å². The smallest absolute Gasteiger partial charge is 0.125 e. The fourth-order valence-corrected chi connectivity index (χ4v) is 2.44. The highest BCUT2D eigenvalue weighted by Gasteiger charge is 2.11. The van der Waals surface area contributed by atoms with E-state index in [0.717, 1.165) is 28.2 Å². The van der Waals surface area contributed by atoms with Crippen LogP contribution < -0.4 is 4.74 Å². The van der Waals surface area contributed by atoms with Gasteiger partial charge in [-0.2, -0.15) is 0 Å². The molecule has 0 saturated heterocycles. The molecule has 3 rings (SSSR count). The summed E-state index contributed by atoms with van der Waals surface area (Å²) < 4.78 is 7.34. The zero-order valence-electron chi connectivity index (χ0n) is 11.1. The number of halogens is 1. The van der Waals surface area contributed by atoms with Crippen LogP contribution in [-0.2, 0) is 12.4 Å². The molecule has 2 aromatic heterocycles. The summed E-state index contributed by atoms with van der Waals surface area (Å²) in [5.74, 6) is 2.01. The van der Waals surface area contributed by atoms with Crippen LogP contribution in [0.25, 0.3) is 11.0 Å². The number of aromatic nitrogens is 3. The first-order valence-corrected chi connectivity index (χ1v) is 6.83. The summed E-state index contributed by atoms with van der Waals surface area (Å²) >= 11 is 6.01. The van der Waals surface area contributed by atoms with Gasteiger partial charge < -0.3 is 9.30 Å². The average Bonchev–Trinajstić information content (AvgIpc) is 2.85. The SMILES string of the molecule is COc1ccc2c(c1)nc(CCl)n2Cc1cccnc1. The van der Waals surface area contributed by atoms with Crippen LogP contribution in [0.5, 0.6) is 5.75 Å². The fraction of sp³-hybridized carbons (Fsp3) is 0.200. The van der Waals surface area contributed by atoms with Crippen molar-refractivity contribution in [2.45, 2.75) is 12.4 Å². The van der Waals surface area contributed by atoms with Crippen LogP contribution in [-0.4, -0.2) is 21.6 Å². The first-order chi connectivity index (χ1) is 9.81. The molecule has 0 N–H and O–H groups in total. The maximum Gasteiger partial charge on any atom is 0.125 e. The van der Waals surface area contributed by atoms with E-state index in [2.05, 4.69) is 14.5 Å². The first-order valence-electron chi connectivity index (χ1n) is 6.30. The second-order valence-electron chi connectivity index (χ2n) is 4.46. The van der Waals surface area contributed by atoms with Gasteiger partial charge in [-0.05, 0) is 23.8 Å². The highest BCUT2D eigenvalue weighted by atomic mass is 35.5. The molecule has 102 valence electrons. The lowest BCUT2D eigenvalue weighted by Crippen LogP contribution is -2.03. The minimum absolute atomic E-state index is 0.372. The molecule has 1 aromatic carbocycles. The molecule has 0 bridgehead atoms. The van der Waals surface area contributed by atoms with Gasteiger partial charge in [-0.25, -0.2) is 4.98 Å². The maximum absolute atomic E-state index is 6.01. The second kappa shape index (κ2) is 5.51. The second-order valence-corrected chi connectivity index (χ2v) is 4.73. The number of fused-ring (bicyclic) bond motifs is 1. The molecular formula is C15H14ClN3O. The van der Waals surface area contributed by atoms with E-state index < -0.39 is 0 Å². The number of hydrogen-bond acceptors (Lipinski definition) is 3. The average molecular weight is 288 g/mol. The summed E-state index contributed by atoms with van der Waals surface area (Å²) in [4.78, 5) is 8.71. The molecule has 0 aliphatic carbocycles. The maximum atomic E-state index is 6.01. The number of pyridine rings is 1. The van der Waals surface area contributed by atoms with Gasteiger partial charge in [0.25, 0.3) is 0 Å². The highest BCUT2D eigenvalue weighted by Crippen LogP contribution is 2.23. The van der Waals surface area contributed by atoms with Crippen LogP contribution in [0.15, 0.2) is 42.7 Å². The van der Waals surface area contributed by atoms with Gasteiger partial charge in [0.1, 0.15) is 11.6 Å². The van der Waals surface area contributed by atoms with Gasteiger partial charge in [0.2, 0.25) is 0 Å². The van der Waals surface area contributed by atoms with Gasteiger partial charge in [0.15, 0.2) is 0 Å². The molecule has 0 aliphatic heterocycles. The molecule has 3 aromatic rings. The Hall–Kier alpha value is -2.07. The summed E-state index contributed by atoms with van der Waals surface area (Å²) in [7, 11) is 1.65. The Bertz CT molecular complexity index is 725. The van der Waals surface area contributed by atoms with E-state index in [-0.39, 0.29) is 0 Å². The van der Waals surface area contributed by atoms with E-state index in [1.165, 1.54) is 0 Å². The molecule has 0 unspecified atom stereocenters. The zero-order chi connectivity index (χ0) is 13.9. The molecule has 0 atom stereocenters. The molecule has 0 aliphatic rings. The summed E-state index contributed by atoms with van der Waals surface area (Å²) in [6.45, 7) is 0.707. The van der Waals surface area contributed by atoms with Gasteiger partial charge in [-0.1, -0.05) is 6.07 Å². The minimum atomic E-state index is 0.372. The van der Waals surface area contributed by atoms with Crippen molar-refractivity contribution in [1.29, 1.82) is 0 Å². The summed E-state index contributed by atoms with van der Waals surface area (Å²) in [6, 6.07) is 9.83. The molecule has 0 amide bonds. The molecule has 0 spiro atoms. The monoisotopic (exact) mass is 287 g/mol.